The SMILES string of the molecule is CSc1ccc(C(=O)N(C)c2ccccc2)cc1. The molecular weight excluding hydrogens is 242 g/mol. The van der Waals surface area contributed by atoms with E-state index < -0.39 is 0 Å². The highest BCUT2D eigenvalue weighted by Gasteiger charge is 2.12. The normalized spacial score (nSPS) is 10.1. The molecule has 0 saturated heterocycles. The van der Waals surface area contributed by atoms with E-state index in [0.29, 0.717) is 5.56 Å². The first-order valence-corrected chi connectivity index (χ1v) is 6.92. The van der Waals surface area contributed by atoms with Crippen molar-refractivity contribution < 1.29 is 4.79 Å². The number of rotatable bonds is 3. The van der Waals surface area contributed by atoms with E-state index >= 15 is 0 Å². The van der Waals surface area contributed by atoms with Gasteiger partial charge in [-0.05, 0) is 42.7 Å². The van der Waals surface area contributed by atoms with Gasteiger partial charge in [-0.2, -0.15) is 0 Å². The summed E-state index contributed by atoms with van der Waals surface area (Å²) in [5.41, 5.74) is 1.61. The Balaban J connectivity index is 2.20. The molecule has 0 aliphatic carbocycles. The van der Waals surface area contributed by atoms with Crippen molar-refractivity contribution in [2.75, 3.05) is 18.2 Å². The lowest BCUT2D eigenvalue weighted by molar-refractivity contribution is 0.0993. The molecule has 0 saturated carbocycles. The minimum absolute atomic E-state index is 0.00820. The first-order chi connectivity index (χ1) is 8.72. The number of thioether (sulfide) groups is 1. The Morgan fingerprint density at radius 1 is 1.00 bits per heavy atom. The van der Waals surface area contributed by atoms with Crippen molar-refractivity contribution in [3.63, 3.8) is 0 Å². The second kappa shape index (κ2) is 5.74. The van der Waals surface area contributed by atoms with E-state index in [-0.39, 0.29) is 5.91 Å². The molecule has 0 atom stereocenters. The van der Waals surface area contributed by atoms with E-state index in [1.165, 1.54) is 0 Å². The van der Waals surface area contributed by atoms with Gasteiger partial charge in [0.1, 0.15) is 0 Å². The molecule has 1 amide bonds. The first kappa shape index (κ1) is 12.7. The number of hydrogen-bond donors (Lipinski definition) is 0. The van der Waals surface area contributed by atoms with Crippen LogP contribution >= 0.6 is 11.8 Å². The van der Waals surface area contributed by atoms with Gasteiger partial charge in [-0.15, -0.1) is 11.8 Å². The standard InChI is InChI=1S/C15H15NOS/c1-16(13-6-4-3-5-7-13)15(17)12-8-10-14(18-2)11-9-12/h3-11H,1-2H3. The molecule has 18 heavy (non-hydrogen) atoms. The van der Waals surface area contributed by atoms with E-state index in [4.69, 9.17) is 0 Å². The van der Waals surface area contributed by atoms with Crippen molar-refractivity contribution in [3.05, 3.63) is 60.2 Å². The predicted molar refractivity (Wildman–Crippen MR) is 77.4 cm³/mol. The van der Waals surface area contributed by atoms with Crippen LogP contribution in [0.4, 0.5) is 5.69 Å². The van der Waals surface area contributed by atoms with E-state index in [1.807, 2.05) is 60.9 Å². The van der Waals surface area contributed by atoms with Crippen LogP contribution in [-0.4, -0.2) is 19.2 Å². The summed E-state index contributed by atoms with van der Waals surface area (Å²) in [5.74, 6) is 0.00820. The maximum atomic E-state index is 12.3. The van der Waals surface area contributed by atoms with Gasteiger partial charge in [-0.3, -0.25) is 4.79 Å². The highest BCUT2D eigenvalue weighted by molar-refractivity contribution is 7.98. The van der Waals surface area contributed by atoms with Gasteiger partial charge in [0.05, 0.1) is 0 Å². The molecule has 0 aliphatic rings. The fourth-order valence-corrected chi connectivity index (χ4v) is 2.10. The lowest BCUT2D eigenvalue weighted by Crippen LogP contribution is -2.25. The van der Waals surface area contributed by atoms with Crippen LogP contribution in [0.3, 0.4) is 0 Å². The highest BCUT2D eigenvalue weighted by atomic mass is 32.2. The largest absolute Gasteiger partial charge is 0.311 e. The molecule has 2 aromatic carbocycles. The third kappa shape index (κ3) is 2.74. The molecule has 0 N–H and O–H groups in total. The average molecular weight is 257 g/mol. The molecule has 0 radical (unpaired) electrons. The van der Waals surface area contributed by atoms with Crippen molar-refractivity contribution in [2.45, 2.75) is 4.90 Å². The number of para-hydroxylation sites is 1. The number of benzene rings is 2. The van der Waals surface area contributed by atoms with Crippen LogP contribution in [0, 0.1) is 0 Å². The van der Waals surface area contributed by atoms with Gasteiger partial charge in [0, 0.05) is 23.2 Å². The van der Waals surface area contributed by atoms with E-state index in [0.717, 1.165) is 10.6 Å². The number of anilines is 1. The zero-order valence-corrected chi connectivity index (χ0v) is 11.3. The van der Waals surface area contributed by atoms with Crippen molar-refractivity contribution in [1.82, 2.24) is 0 Å². The fourth-order valence-electron chi connectivity index (χ4n) is 1.70. The van der Waals surface area contributed by atoms with Crippen LogP contribution in [0.25, 0.3) is 0 Å². The van der Waals surface area contributed by atoms with Crippen LogP contribution in [0.2, 0.25) is 0 Å². The molecule has 0 unspecified atom stereocenters. The molecule has 0 bridgehead atoms. The lowest BCUT2D eigenvalue weighted by atomic mass is 10.2. The summed E-state index contributed by atoms with van der Waals surface area (Å²) in [6, 6.07) is 17.3. The van der Waals surface area contributed by atoms with Crippen molar-refractivity contribution in [1.29, 1.82) is 0 Å². The molecule has 0 fully saturated rings. The summed E-state index contributed by atoms with van der Waals surface area (Å²) in [7, 11) is 1.79. The van der Waals surface area contributed by atoms with E-state index in [2.05, 4.69) is 0 Å². The summed E-state index contributed by atoms with van der Waals surface area (Å²) in [6.45, 7) is 0. The molecule has 2 rings (SSSR count). The molecule has 92 valence electrons. The summed E-state index contributed by atoms with van der Waals surface area (Å²) in [5, 5.41) is 0. The zero-order chi connectivity index (χ0) is 13.0. The lowest BCUT2D eigenvalue weighted by Gasteiger charge is -2.17. The molecule has 2 aromatic rings. The van der Waals surface area contributed by atoms with Gasteiger partial charge in [0.25, 0.3) is 5.91 Å². The zero-order valence-electron chi connectivity index (χ0n) is 10.5. The van der Waals surface area contributed by atoms with Gasteiger partial charge in [-0.25, -0.2) is 0 Å². The second-order valence-corrected chi connectivity index (χ2v) is 4.81. The van der Waals surface area contributed by atoms with Gasteiger partial charge in [0.2, 0.25) is 0 Å². The third-order valence-electron chi connectivity index (χ3n) is 2.79. The Morgan fingerprint density at radius 2 is 1.61 bits per heavy atom. The predicted octanol–water partition coefficient (Wildman–Crippen LogP) is 3.69. The average Bonchev–Trinajstić information content (AvgIpc) is 2.47. The number of carbonyl (C=O) groups is 1. The first-order valence-electron chi connectivity index (χ1n) is 5.69. The van der Waals surface area contributed by atoms with Crippen molar-refractivity contribution in [2.24, 2.45) is 0 Å². The quantitative estimate of drug-likeness (QED) is 0.782. The third-order valence-corrected chi connectivity index (χ3v) is 3.53. The van der Waals surface area contributed by atoms with E-state index in [9.17, 15) is 4.79 Å². The monoisotopic (exact) mass is 257 g/mol. The highest BCUT2D eigenvalue weighted by Crippen LogP contribution is 2.18. The van der Waals surface area contributed by atoms with Gasteiger partial charge in [0.15, 0.2) is 0 Å². The number of carbonyl (C=O) groups excluding carboxylic acids is 1. The number of hydrogen-bond acceptors (Lipinski definition) is 2. The minimum atomic E-state index is 0.00820. The van der Waals surface area contributed by atoms with Crippen LogP contribution in [-0.2, 0) is 0 Å². The Labute approximate surface area is 112 Å². The van der Waals surface area contributed by atoms with Gasteiger partial charge in [-0.1, -0.05) is 18.2 Å². The maximum Gasteiger partial charge on any atom is 0.258 e. The molecule has 0 aromatic heterocycles. The van der Waals surface area contributed by atoms with Crippen LogP contribution < -0.4 is 4.90 Å². The topological polar surface area (TPSA) is 20.3 Å². The molecule has 3 heteroatoms. The molecular formula is C15H15NOS. The van der Waals surface area contributed by atoms with Crippen molar-refractivity contribution >= 4 is 23.4 Å². The molecule has 2 nitrogen and oxygen atoms in total. The Kier molecular flexibility index (Phi) is 4.05. The fraction of sp³-hybridized carbons (Fsp3) is 0.133. The summed E-state index contributed by atoms with van der Waals surface area (Å²) >= 11 is 1.67. The smallest absolute Gasteiger partial charge is 0.258 e. The summed E-state index contributed by atoms with van der Waals surface area (Å²) in [6.07, 6.45) is 2.02. The minimum Gasteiger partial charge on any atom is -0.311 e. The second-order valence-electron chi connectivity index (χ2n) is 3.93. The Morgan fingerprint density at radius 3 is 2.17 bits per heavy atom. The number of nitrogens with zero attached hydrogens (tertiary/aromatic N) is 1. The molecule has 0 spiro atoms. The Hall–Kier alpha value is -1.74. The summed E-state index contributed by atoms with van der Waals surface area (Å²) < 4.78 is 0. The van der Waals surface area contributed by atoms with Crippen molar-refractivity contribution in [3.8, 4) is 0 Å². The van der Waals surface area contributed by atoms with E-state index in [1.54, 1.807) is 23.7 Å². The van der Waals surface area contributed by atoms with Crippen LogP contribution in [0.1, 0.15) is 10.4 Å². The van der Waals surface area contributed by atoms with Crippen LogP contribution in [0.15, 0.2) is 59.5 Å². The van der Waals surface area contributed by atoms with Gasteiger partial charge < -0.3 is 4.90 Å². The number of amides is 1. The maximum absolute atomic E-state index is 12.3. The van der Waals surface area contributed by atoms with Gasteiger partial charge >= 0.3 is 0 Å². The Bertz CT molecular complexity index is 522. The van der Waals surface area contributed by atoms with Crippen LogP contribution in [0.5, 0.6) is 0 Å². The molecule has 0 heterocycles. The molecule has 0 aliphatic heterocycles. The summed E-state index contributed by atoms with van der Waals surface area (Å²) in [4.78, 5) is 15.1.